The lowest BCUT2D eigenvalue weighted by molar-refractivity contribution is 1.17. The molecule has 2 nitrogen and oxygen atoms in total. The zero-order valence-corrected chi connectivity index (χ0v) is 7.14. The fourth-order valence-electron chi connectivity index (χ4n) is 0.909. The average molecular weight is 168 g/mol. The van der Waals surface area contributed by atoms with Crippen molar-refractivity contribution in [3.05, 3.63) is 23.8 Å². The molecule has 0 aliphatic rings. The van der Waals surface area contributed by atoms with Crippen LogP contribution in [0.3, 0.4) is 0 Å². The summed E-state index contributed by atoms with van der Waals surface area (Å²) in [6.45, 7) is 0. The maximum Gasteiger partial charge on any atom is 0.0550 e. The van der Waals surface area contributed by atoms with Crippen LogP contribution in [-0.4, -0.2) is 5.75 Å². The predicted molar refractivity (Wildman–Crippen MR) is 52.8 cm³/mol. The number of benzene rings is 1. The Morgan fingerprint density at radius 2 is 1.91 bits per heavy atom. The first-order chi connectivity index (χ1) is 5.24. The largest absolute Gasteiger partial charge is 0.397 e. The SMILES string of the molecule is Nc1ccc(CCS)cc1N. The Morgan fingerprint density at radius 3 is 2.45 bits per heavy atom. The van der Waals surface area contributed by atoms with Crippen LogP contribution in [0.4, 0.5) is 11.4 Å². The molecule has 0 amide bonds. The summed E-state index contributed by atoms with van der Waals surface area (Å²) in [5.41, 5.74) is 13.6. The van der Waals surface area contributed by atoms with E-state index in [1.807, 2.05) is 18.2 Å². The van der Waals surface area contributed by atoms with Gasteiger partial charge in [0.1, 0.15) is 0 Å². The molecule has 1 aromatic carbocycles. The van der Waals surface area contributed by atoms with Crippen LogP contribution in [-0.2, 0) is 6.42 Å². The lowest BCUT2D eigenvalue weighted by Crippen LogP contribution is -1.96. The molecule has 0 aromatic heterocycles. The van der Waals surface area contributed by atoms with E-state index in [1.54, 1.807) is 0 Å². The highest BCUT2D eigenvalue weighted by Gasteiger charge is 1.95. The molecule has 3 heteroatoms. The molecule has 0 bridgehead atoms. The molecule has 0 aliphatic heterocycles. The molecule has 0 unspecified atom stereocenters. The predicted octanol–water partition coefficient (Wildman–Crippen LogP) is 1.32. The average Bonchev–Trinajstić information content (AvgIpc) is 1.98. The van der Waals surface area contributed by atoms with E-state index in [-0.39, 0.29) is 0 Å². The fraction of sp³-hybridized carbons (Fsp3) is 0.250. The Kier molecular flexibility index (Phi) is 2.65. The number of anilines is 2. The van der Waals surface area contributed by atoms with E-state index in [0.717, 1.165) is 12.2 Å². The number of nitrogen functional groups attached to an aromatic ring is 2. The third-order valence-electron chi connectivity index (χ3n) is 1.55. The Labute approximate surface area is 72.0 Å². The van der Waals surface area contributed by atoms with Gasteiger partial charge in [-0.2, -0.15) is 12.6 Å². The molecule has 0 atom stereocenters. The smallest absolute Gasteiger partial charge is 0.0550 e. The van der Waals surface area contributed by atoms with Crippen LogP contribution in [0, 0.1) is 0 Å². The standard InChI is InChI=1S/C8H12N2S/c9-7-2-1-6(3-4-11)5-8(7)10/h1-2,5,11H,3-4,9-10H2. The first-order valence-corrected chi connectivity index (χ1v) is 4.12. The van der Waals surface area contributed by atoms with Gasteiger partial charge in [-0.3, -0.25) is 0 Å². The molecule has 0 spiro atoms. The van der Waals surface area contributed by atoms with E-state index in [0.29, 0.717) is 11.4 Å². The van der Waals surface area contributed by atoms with Crippen molar-refractivity contribution in [3.8, 4) is 0 Å². The van der Waals surface area contributed by atoms with Gasteiger partial charge in [-0.05, 0) is 29.9 Å². The van der Waals surface area contributed by atoms with Gasteiger partial charge >= 0.3 is 0 Å². The lowest BCUT2D eigenvalue weighted by atomic mass is 10.1. The van der Waals surface area contributed by atoms with Crippen LogP contribution < -0.4 is 11.5 Å². The normalized spacial score (nSPS) is 9.91. The minimum atomic E-state index is 0.646. The molecule has 0 saturated carbocycles. The second kappa shape index (κ2) is 3.53. The molecule has 1 aromatic rings. The molecule has 0 saturated heterocycles. The molecule has 0 aliphatic carbocycles. The Bertz CT molecular complexity index is 248. The highest BCUT2D eigenvalue weighted by atomic mass is 32.1. The molecule has 60 valence electrons. The summed E-state index contributed by atoms with van der Waals surface area (Å²) in [5, 5.41) is 0. The van der Waals surface area contributed by atoms with Gasteiger partial charge in [0.15, 0.2) is 0 Å². The second-order valence-electron chi connectivity index (χ2n) is 2.44. The molecule has 0 radical (unpaired) electrons. The summed E-state index contributed by atoms with van der Waals surface area (Å²) < 4.78 is 0. The van der Waals surface area contributed by atoms with E-state index in [9.17, 15) is 0 Å². The van der Waals surface area contributed by atoms with E-state index in [4.69, 9.17) is 11.5 Å². The Morgan fingerprint density at radius 1 is 1.18 bits per heavy atom. The minimum Gasteiger partial charge on any atom is -0.397 e. The second-order valence-corrected chi connectivity index (χ2v) is 2.88. The first kappa shape index (κ1) is 8.27. The monoisotopic (exact) mass is 168 g/mol. The number of hydrogen-bond donors (Lipinski definition) is 3. The van der Waals surface area contributed by atoms with Crippen molar-refractivity contribution >= 4 is 24.0 Å². The van der Waals surface area contributed by atoms with Crippen molar-refractivity contribution in [2.24, 2.45) is 0 Å². The topological polar surface area (TPSA) is 52.0 Å². The number of hydrogen-bond acceptors (Lipinski definition) is 3. The Balaban J connectivity index is 2.86. The molecular weight excluding hydrogens is 156 g/mol. The molecule has 4 N–H and O–H groups in total. The van der Waals surface area contributed by atoms with Gasteiger partial charge in [-0.1, -0.05) is 6.07 Å². The fourth-order valence-corrected chi connectivity index (χ4v) is 1.17. The molecule has 0 fully saturated rings. The van der Waals surface area contributed by atoms with E-state index < -0.39 is 0 Å². The molecule has 0 heterocycles. The van der Waals surface area contributed by atoms with E-state index in [2.05, 4.69) is 12.6 Å². The quantitative estimate of drug-likeness (QED) is 0.461. The molecule has 1 rings (SSSR count). The number of thiol groups is 1. The maximum atomic E-state index is 5.60. The van der Waals surface area contributed by atoms with Crippen molar-refractivity contribution in [2.45, 2.75) is 6.42 Å². The van der Waals surface area contributed by atoms with Crippen LogP contribution in [0.25, 0.3) is 0 Å². The summed E-state index contributed by atoms with van der Waals surface area (Å²) in [7, 11) is 0. The zero-order chi connectivity index (χ0) is 8.27. The van der Waals surface area contributed by atoms with Gasteiger partial charge in [0.25, 0.3) is 0 Å². The number of rotatable bonds is 2. The summed E-state index contributed by atoms with van der Waals surface area (Å²) in [6, 6.07) is 5.70. The van der Waals surface area contributed by atoms with Crippen molar-refractivity contribution < 1.29 is 0 Å². The maximum absolute atomic E-state index is 5.60. The third-order valence-corrected chi connectivity index (χ3v) is 1.78. The highest BCUT2D eigenvalue weighted by Crippen LogP contribution is 2.16. The van der Waals surface area contributed by atoms with Crippen LogP contribution in [0.15, 0.2) is 18.2 Å². The number of nitrogens with two attached hydrogens (primary N) is 2. The van der Waals surface area contributed by atoms with Gasteiger partial charge < -0.3 is 11.5 Å². The van der Waals surface area contributed by atoms with Crippen molar-refractivity contribution in [1.82, 2.24) is 0 Å². The van der Waals surface area contributed by atoms with Crippen LogP contribution in [0.1, 0.15) is 5.56 Å². The van der Waals surface area contributed by atoms with Crippen molar-refractivity contribution in [1.29, 1.82) is 0 Å². The minimum absolute atomic E-state index is 0.646. The first-order valence-electron chi connectivity index (χ1n) is 3.49. The van der Waals surface area contributed by atoms with Gasteiger partial charge in [0, 0.05) is 0 Å². The van der Waals surface area contributed by atoms with Gasteiger partial charge in [0.2, 0.25) is 0 Å². The number of aryl methyl sites for hydroxylation is 1. The summed E-state index contributed by atoms with van der Waals surface area (Å²) in [4.78, 5) is 0. The Hall–Kier alpha value is -0.830. The van der Waals surface area contributed by atoms with Crippen LogP contribution in [0.5, 0.6) is 0 Å². The highest BCUT2D eigenvalue weighted by molar-refractivity contribution is 7.80. The molecule has 11 heavy (non-hydrogen) atoms. The third kappa shape index (κ3) is 2.05. The molecular formula is C8H12N2S. The summed E-state index contributed by atoms with van der Waals surface area (Å²) >= 11 is 4.12. The van der Waals surface area contributed by atoms with Gasteiger partial charge in [-0.15, -0.1) is 0 Å². The lowest BCUT2D eigenvalue weighted by Gasteiger charge is -2.02. The van der Waals surface area contributed by atoms with Crippen molar-refractivity contribution in [3.63, 3.8) is 0 Å². The zero-order valence-electron chi connectivity index (χ0n) is 6.25. The summed E-state index contributed by atoms with van der Waals surface area (Å²) in [6.07, 6.45) is 0.938. The van der Waals surface area contributed by atoms with E-state index >= 15 is 0 Å². The van der Waals surface area contributed by atoms with E-state index in [1.165, 1.54) is 5.56 Å². The van der Waals surface area contributed by atoms with Crippen molar-refractivity contribution in [2.75, 3.05) is 17.2 Å². The van der Waals surface area contributed by atoms with Crippen LogP contribution in [0.2, 0.25) is 0 Å². The van der Waals surface area contributed by atoms with Gasteiger partial charge in [0.05, 0.1) is 11.4 Å². The van der Waals surface area contributed by atoms with Gasteiger partial charge in [-0.25, -0.2) is 0 Å². The summed E-state index contributed by atoms with van der Waals surface area (Å²) in [5.74, 6) is 0.837. The van der Waals surface area contributed by atoms with Crippen LogP contribution >= 0.6 is 12.6 Å².